The van der Waals surface area contributed by atoms with Gasteiger partial charge in [-0.25, -0.2) is 0 Å². The average Bonchev–Trinajstić information content (AvgIpc) is 2.42. The quantitative estimate of drug-likeness (QED) is 0.898. The zero-order valence-electron chi connectivity index (χ0n) is 12.9. The minimum Gasteiger partial charge on any atom is -0.491 e. The summed E-state index contributed by atoms with van der Waals surface area (Å²) in [6, 6.07) is 9.08. The Morgan fingerprint density at radius 2 is 1.80 bits per heavy atom. The minimum atomic E-state index is -0.431. The molecule has 3 unspecified atom stereocenters. The molecule has 20 heavy (non-hydrogen) atoms. The van der Waals surface area contributed by atoms with Gasteiger partial charge in [-0.15, -0.1) is 0 Å². The highest BCUT2D eigenvalue weighted by atomic mass is 16.5. The van der Waals surface area contributed by atoms with Gasteiger partial charge in [-0.3, -0.25) is 4.90 Å². The summed E-state index contributed by atoms with van der Waals surface area (Å²) in [6.07, 6.45) is 3.33. The molecular weight excluding hydrogens is 250 g/mol. The number of rotatable bonds is 5. The number of β-amino-alcohol motifs (C(OH)–C–C–N with tert-alkyl or cyclic N) is 1. The molecular formula is C17H27NO2. The number of nitrogens with zero attached hydrogens (tertiary/aromatic N) is 1. The van der Waals surface area contributed by atoms with Crippen LogP contribution in [-0.2, 0) is 0 Å². The summed E-state index contributed by atoms with van der Waals surface area (Å²) in [4.78, 5) is 2.41. The standard InChI is InChI=1S/C17H27NO2/c1-13-7-9-17(10-8-13)20-12-16(19)11-18-14(2)5-4-6-15(18)3/h7-10,14-16,19H,4-6,11-12H2,1-3H3. The number of aryl methyl sites for hydroxylation is 1. The van der Waals surface area contributed by atoms with Crippen molar-refractivity contribution in [2.75, 3.05) is 13.2 Å². The van der Waals surface area contributed by atoms with E-state index in [9.17, 15) is 5.11 Å². The Balaban J connectivity index is 1.79. The Kier molecular flexibility index (Phi) is 5.44. The van der Waals surface area contributed by atoms with E-state index in [1.165, 1.54) is 24.8 Å². The summed E-state index contributed by atoms with van der Waals surface area (Å²) in [5, 5.41) is 10.2. The van der Waals surface area contributed by atoms with Crippen molar-refractivity contribution in [3.63, 3.8) is 0 Å². The molecule has 1 N–H and O–H groups in total. The van der Waals surface area contributed by atoms with Crippen LogP contribution in [-0.4, -0.2) is 41.3 Å². The number of likely N-dealkylation sites (tertiary alicyclic amines) is 1. The molecule has 1 heterocycles. The molecule has 112 valence electrons. The first-order valence-electron chi connectivity index (χ1n) is 7.69. The maximum Gasteiger partial charge on any atom is 0.119 e. The van der Waals surface area contributed by atoms with Crippen molar-refractivity contribution in [2.24, 2.45) is 0 Å². The Labute approximate surface area is 122 Å². The van der Waals surface area contributed by atoms with Gasteiger partial charge in [-0.05, 0) is 45.7 Å². The SMILES string of the molecule is Cc1ccc(OCC(O)CN2C(C)CCCC2C)cc1. The molecule has 0 aromatic heterocycles. The zero-order valence-corrected chi connectivity index (χ0v) is 12.9. The lowest BCUT2D eigenvalue weighted by atomic mass is 9.97. The number of piperidine rings is 1. The van der Waals surface area contributed by atoms with E-state index in [1.54, 1.807) is 0 Å². The van der Waals surface area contributed by atoms with Gasteiger partial charge in [0, 0.05) is 18.6 Å². The van der Waals surface area contributed by atoms with E-state index in [4.69, 9.17) is 4.74 Å². The van der Waals surface area contributed by atoms with Crippen molar-refractivity contribution in [1.29, 1.82) is 0 Å². The monoisotopic (exact) mass is 277 g/mol. The molecule has 0 saturated carbocycles. The van der Waals surface area contributed by atoms with E-state index in [1.807, 2.05) is 24.3 Å². The smallest absolute Gasteiger partial charge is 0.119 e. The molecule has 1 saturated heterocycles. The summed E-state index contributed by atoms with van der Waals surface area (Å²) in [5.74, 6) is 0.828. The highest BCUT2D eigenvalue weighted by Gasteiger charge is 2.26. The predicted molar refractivity (Wildman–Crippen MR) is 82.2 cm³/mol. The fourth-order valence-electron chi connectivity index (χ4n) is 2.96. The molecule has 0 aliphatic carbocycles. The van der Waals surface area contributed by atoms with E-state index < -0.39 is 6.10 Å². The van der Waals surface area contributed by atoms with E-state index >= 15 is 0 Å². The first-order valence-corrected chi connectivity index (χ1v) is 7.69. The highest BCUT2D eigenvalue weighted by Crippen LogP contribution is 2.22. The Morgan fingerprint density at radius 1 is 1.20 bits per heavy atom. The van der Waals surface area contributed by atoms with Gasteiger partial charge in [0.15, 0.2) is 0 Å². The molecule has 1 aliphatic heterocycles. The van der Waals surface area contributed by atoms with E-state index in [0.717, 1.165) is 5.75 Å². The second-order valence-electron chi connectivity index (χ2n) is 6.10. The molecule has 3 nitrogen and oxygen atoms in total. The Morgan fingerprint density at radius 3 is 2.40 bits per heavy atom. The molecule has 1 aromatic carbocycles. The molecule has 1 aromatic rings. The second-order valence-corrected chi connectivity index (χ2v) is 6.10. The van der Waals surface area contributed by atoms with Crippen molar-refractivity contribution in [3.05, 3.63) is 29.8 Å². The van der Waals surface area contributed by atoms with Crippen LogP contribution in [0.3, 0.4) is 0 Å². The van der Waals surface area contributed by atoms with Gasteiger partial charge in [-0.1, -0.05) is 24.1 Å². The number of aliphatic hydroxyl groups excluding tert-OH is 1. The summed E-state index contributed by atoms with van der Waals surface area (Å²) in [5.41, 5.74) is 1.22. The van der Waals surface area contributed by atoms with E-state index in [-0.39, 0.29) is 0 Å². The third-order valence-corrected chi connectivity index (χ3v) is 4.26. The molecule has 0 bridgehead atoms. The molecule has 3 heteroatoms. The van der Waals surface area contributed by atoms with Gasteiger partial charge in [0.1, 0.15) is 18.5 Å². The average molecular weight is 277 g/mol. The van der Waals surface area contributed by atoms with Gasteiger partial charge in [0.25, 0.3) is 0 Å². The number of hydrogen-bond donors (Lipinski definition) is 1. The van der Waals surface area contributed by atoms with Gasteiger partial charge in [-0.2, -0.15) is 0 Å². The van der Waals surface area contributed by atoms with Gasteiger partial charge >= 0.3 is 0 Å². The molecule has 0 spiro atoms. The maximum atomic E-state index is 10.2. The molecule has 0 radical (unpaired) electrons. The summed E-state index contributed by atoms with van der Waals surface area (Å²) in [6.45, 7) is 7.62. The molecule has 0 amide bonds. The summed E-state index contributed by atoms with van der Waals surface area (Å²) in [7, 11) is 0. The van der Waals surface area contributed by atoms with Crippen LogP contribution in [0.25, 0.3) is 0 Å². The van der Waals surface area contributed by atoms with Crippen LogP contribution in [0.4, 0.5) is 0 Å². The normalized spacial score (nSPS) is 25.4. The van der Waals surface area contributed by atoms with E-state index in [0.29, 0.717) is 25.2 Å². The molecule has 2 rings (SSSR count). The van der Waals surface area contributed by atoms with Crippen molar-refractivity contribution < 1.29 is 9.84 Å². The van der Waals surface area contributed by atoms with Crippen molar-refractivity contribution in [3.8, 4) is 5.75 Å². The lowest BCUT2D eigenvalue weighted by molar-refractivity contribution is 0.0209. The summed E-state index contributed by atoms with van der Waals surface area (Å²) < 4.78 is 5.66. The number of ether oxygens (including phenoxy) is 1. The minimum absolute atomic E-state index is 0.360. The molecule has 1 aliphatic rings. The van der Waals surface area contributed by atoms with Crippen LogP contribution >= 0.6 is 0 Å². The van der Waals surface area contributed by atoms with Crippen molar-refractivity contribution in [1.82, 2.24) is 4.90 Å². The van der Waals surface area contributed by atoms with Gasteiger partial charge in [0.2, 0.25) is 0 Å². The first-order chi connectivity index (χ1) is 9.56. The van der Waals surface area contributed by atoms with Crippen LogP contribution in [0.15, 0.2) is 24.3 Å². The second kappa shape index (κ2) is 7.09. The third kappa shape index (κ3) is 4.22. The van der Waals surface area contributed by atoms with Gasteiger partial charge < -0.3 is 9.84 Å². The lowest BCUT2D eigenvalue weighted by Gasteiger charge is -2.40. The van der Waals surface area contributed by atoms with Crippen molar-refractivity contribution >= 4 is 0 Å². The largest absolute Gasteiger partial charge is 0.491 e. The maximum absolute atomic E-state index is 10.2. The highest BCUT2D eigenvalue weighted by molar-refractivity contribution is 5.26. The van der Waals surface area contributed by atoms with Crippen molar-refractivity contribution in [2.45, 2.75) is 58.2 Å². The summed E-state index contributed by atoms with van der Waals surface area (Å²) >= 11 is 0. The van der Waals surface area contributed by atoms with Gasteiger partial charge in [0.05, 0.1) is 0 Å². The Hall–Kier alpha value is -1.06. The number of aliphatic hydroxyl groups is 1. The molecule has 1 fully saturated rings. The van der Waals surface area contributed by atoms with Crippen LogP contribution < -0.4 is 4.74 Å². The predicted octanol–water partition coefficient (Wildman–Crippen LogP) is 3.00. The zero-order chi connectivity index (χ0) is 14.5. The number of benzene rings is 1. The Bertz CT molecular complexity index is 394. The fraction of sp³-hybridized carbons (Fsp3) is 0.647. The van der Waals surface area contributed by atoms with Crippen LogP contribution in [0.2, 0.25) is 0 Å². The van der Waals surface area contributed by atoms with Crippen LogP contribution in [0, 0.1) is 6.92 Å². The van der Waals surface area contributed by atoms with E-state index in [2.05, 4.69) is 25.7 Å². The van der Waals surface area contributed by atoms with Crippen LogP contribution in [0.1, 0.15) is 38.7 Å². The molecule has 3 atom stereocenters. The van der Waals surface area contributed by atoms with Crippen LogP contribution in [0.5, 0.6) is 5.75 Å². The number of hydrogen-bond acceptors (Lipinski definition) is 3. The first kappa shape index (κ1) is 15.3. The fourth-order valence-corrected chi connectivity index (χ4v) is 2.96. The third-order valence-electron chi connectivity index (χ3n) is 4.26. The topological polar surface area (TPSA) is 32.7 Å². The lowest BCUT2D eigenvalue weighted by Crippen LogP contribution is -2.48.